The molecular formula is C16H24N2O5S2. The summed E-state index contributed by atoms with van der Waals surface area (Å²) in [5.41, 5.74) is 0. The van der Waals surface area contributed by atoms with E-state index in [1.165, 1.54) is 7.05 Å². The quantitative estimate of drug-likeness (QED) is 0.757. The lowest BCUT2D eigenvalue weighted by Crippen LogP contribution is -2.58. The Labute approximate surface area is 152 Å². The lowest BCUT2D eigenvalue weighted by Gasteiger charge is -2.45. The van der Waals surface area contributed by atoms with Crippen LogP contribution in [0.3, 0.4) is 0 Å². The van der Waals surface area contributed by atoms with Gasteiger partial charge in [0, 0.05) is 20.7 Å². The first-order valence-corrected chi connectivity index (χ1v) is 10.7. The second kappa shape index (κ2) is 7.71. The molecule has 1 aromatic rings. The van der Waals surface area contributed by atoms with Crippen LogP contribution in [0.25, 0.3) is 0 Å². The summed E-state index contributed by atoms with van der Waals surface area (Å²) in [4.78, 5) is 14.6. The molecule has 1 aliphatic carbocycles. The first-order valence-electron chi connectivity index (χ1n) is 8.37. The van der Waals surface area contributed by atoms with Crippen LogP contribution in [0.15, 0.2) is 21.7 Å². The third-order valence-electron chi connectivity index (χ3n) is 4.94. The number of morpholine rings is 1. The van der Waals surface area contributed by atoms with Gasteiger partial charge in [0.2, 0.25) is 5.91 Å². The molecule has 0 bridgehead atoms. The number of methoxy groups -OCH3 is 1. The molecule has 2 heterocycles. The van der Waals surface area contributed by atoms with Crippen LogP contribution in [0.2, 0.25) is 0 Å². The Hall–Kier alpha value is -1.00. The normalized spacial score (nSPS) is 27.3. The van der Waals surface area contributed by atoms with E-state index in [0.29, 0.717) is 13.2 Å². The number of rotatable bonds is 5. The average molecular weight is 389 g/mol. The van der Waals surface area contributed by atoms with Crippen molar-refractivity contribution in [3.8, 4) is 0 Å². The van der Waals surface area contributed by atoms with E-state index in [2.05, 4.69) is 0 Å². The second-order valence-electron chi connectivity index (χ2n) is 6.43. The zero-order valence-corrected chi connectivity index (χ0v) is 16.1. The molecule has 9 heteroatoms. The number of hydrogen-bond acceptors (Lipinski definition) is 6. The third-order valence-corrected chi connectivity index (χ3v) is 8.12. The zero-order chi connectivity index (χ0) is 18.0. The van der Waals surface area contributed by atoms with Crippen molar-refractivity contribution in [3.63, 3.8) is 0 Å². The predicted molar refractivity (Wildman–Crippen MR) is 94.0 cm³/mol. The minimum Gasteiger partial charge on any atom is -0.381 e. The molecule has 0 N–H and O–H groups in total. The monoisotopic (exact) mass is 388 g/mol. The van der Waals surface area contributed by atoms with Gasteiger partial charge >= 0.3 is 0 Å². The molecule has 0 spiro atoms. The fourth-order valence-electron chi connectivity index (χ4n) is 3.53. The maximum atomic E-state index is 12.8. The number of amides is 1. The minimum atomic E-state index is -3.63. The molecule has 140 valence electrons. The average Bonchev–Trinajstić information content (AvgIpc) is 3.16. The maximum absolute atomic E-state index is 12.8. The largest absolute Gasteiger partial charge is 0.381 e. The van der Waals surface area contributed by atoms with Gasteiger partial charge in [-0.2, -0.15) is 4.31 Å². The second-order valence-corrected chi connectivity index (χ2v) is 9.65. The summed E-state index contributed by atoms with van der Waals surface area (Å²) >= 11 is 1.15. The van der Waals surface area contributed by atoms with Crippen molar-refractivity contribution >= 4 is 27.3 Å². The van der Waals surface area contributed by atoms with Crippen LogP contribution in [0.5, 0.6) is 0 Å². The Bertz CT molecular complexity index is 691. The van der Waals surface area contributed by atoms with E-state index in [0.717, 1.165) is 34.9 Å². The van der Waals surface area contributed by atoms with Crippen molar-refractivity contribution < 1.29 is 22.7 Å². The number of fused-ring (bicyclic) bond motifs is 1. The highest BCUT2D eigenvalue weighted by molar-refractivity contribution is 7.91. The molecule has 1 amide bonds. The van der Waals surface area contributed by atoms with E-state index in [4.69, 9.17) is 9.47 Å². The maximum Gasteiger partial charge on any atom is 0.252 e. The highest BCUT2D eigenvalue weighted by atomic mass is 32.2. The predicted octanol–water partition coefficient (Wildman–Crippen LogP) is 1.16. The van der Waals surface area contributed by atoms with Crippen molar-refractivity contribution in [1.82, 2.24) is 9.21 Å². The fourth-order valence-corrected chi connectivity index (χ4v) is 5.85. The van der Waals surface area contributed by atoms with Gasteiger partial charge in [0.25, 0.3) is 10.0 Å². The molecule has 3 atom stereocenters. The number of ether oxygens (including phenoxy) is 2. The third kappa shape index (κ3) is 3.90. The summed E-state index contributed by atoms with van der Waals surface area (Å²) in [5.74, 6) is -0.183. The van der Waals surface area contributed by atoms with Gasteiger partial charge < -0.3 is 14.4 Å². The number of carbonyl (C=O) groups is 1. The molecule has 0 radical (unpaired) electrons. The van der Waals surface area contributed by atoms with E-state index < -0.39 is 10.0 Å². The smallest absolute Gasteiger partial charge is 0.252 e. The standard InChI is InChI=1S/C16H24N2O5S2/c1-17(25(20,21)16-4-3-9-24-16)11-15(19)18-7-8-23-14-6-5-12(22-2)10-13(14)18/h3-4,9,12-14H,5-8,10-11H2,1-2H3/t12-,13-,14+/m1/s1. The molecule has 25 heavy (non-hydrogen) atoms. The summed E-state index contributed by atoms with van der Waals surface area (Å²) in [6.45, 7) is 0.816. The lowest BCUT2D eigenvalue weighted by atomic mass is 9.88. The molecule has 2 aliphatic rings. The summed E-state index contributed by atoms with van der Waals surface area (Å²) in [7, 11) is -0.495. The van der Waals surface area contributed by atoms with Crippen molar-refractivity contribution in [3.05, 3.63) is 17.5 Å². The molecule has 1 saturated heterocycles. The molecular weight excluding hydrogens is 364 g/mol. The number of likely N-dealkylation sites (N-methyl/N-ethyl adjacent to an activating group) is 1. The van der Waals surface area contributed by atoms with Gasteiger partial charge in [-0.1, -0.05) is 6.07 Å². The first kappa shape index (κ1) is 18.8. The molecule has 7 nitrogen and oxygen atoms in total. The molecule has 1 aromatic heterocycles. The Morgan fingerprint density at radius 2 is 2.28 bits per heavy atom. The van der Waals surface area contributed by atoms with Crippen LogP contribution < -0.4 is 0 Å². The van der Waals surface area contributed by atoms with E-state index >= 15 is 0 Å². The molecule has 1 aliphatic heterocycles. The summed E-state index contributed by atoms with van der Waals surface area (Å²) in [5, 5.41) is 1.71. The summed E-state index contributed by atoms with van der Waals surface area (Å²) < 4.78 is 37.7. The van der Waals surface area contributed by atoms with Gasteiger partial charge in [0.05, 0.1) is 31.4 Å². The topological polar surface area (TPSA) is 76.2 Å². The molecule has 0 unspecified atom stereocenters. The van der Waals surface area contributed by atoms with Gasteiger partial charge in [0.1, 0.15) is 4.21 Å². The van der Waals surface area contributed by atoms with Crippen molar-refractivity contribution in [2.24, 2.45) is 0 Å². The Morgan fingerprint density at radius 1 is 1.48 bits per heavy atom. The van der Waals surface area contributed by atoms with E-state index in [1.54, 1.807) is 29.5 Å². The van der Waals surface area contributed by atoms with E-state index in [-0.39, 0.29) is 34.9 Å². The Morgan fingerprint density at radius 3 is 2.96 bits per heavy atom. The Balaban J connectivity index is 1.69. The summed E-state index contributed by atoms with van der Waals surface area (Å²) in [6.07, 6.45) is 2.64. The number of carbonyl (C=O) groups excluding carboxylic acids is 1. The number of nitrogens with zero attached hydrogens (tertiary/aromatic N) is 2. The SMILES string of the molecule is CO[C@@H]1CC[C@@H]2OCCN(C(=O)CN(C)S(=O)(=O)c3cccs3)[C@@H]2C1. The van der Waals surface area contributed by atoms with Crippen LogP contribution >= 0.6 is 11.3 Å². The van der Waals surface area contributed by atoms with Crippen LogP contribution in [-0.2, 0) is 24.3 Å². The lowest BCUT2D eigenvalue weighted by molar-refractivity contribution is -0.154. The van der Waals surface area contributed by atoms with Gasteiger partial charge in [-0.05, 0) is 30.7 Å². The van der Waals surface area contributed by atoms with Gasteiger partial charge in [-0.25, -0.2) is 8.42 Å². The molecule has 2 fully saturated rings. The van der Waals surface area contributed by atoms with Crippen LogP contribution in [0.1, 0.15) is 19.3 Å². The number of hydrogen-bond donors (Lipinski definition) is 0. The van der Waals surface area contributed by atoms with E-state index in [1.807, 2.05) is 0 Å². The van der Waals surface area contributed by atoms with E-state index in [9.17, 15) is 13.2 Å². The van der Waals surface area contributed by atoms with Crippen LogP contribution in [-0.4, -0.2) is 75.6 Å². The summed E-state index contributed by atoms with van der Waals surface area (Å²) in [6, 6.07) is 3.20. The van der Waals surface area contributed by atoms with Crippen molar-refractivity contribution in [1.29, 1.82) is 0 Å². The number of sulfonamides is 1. The molecule has 0 aromatic carbocycles. The molecule has 1 saturated carbocycles. The number of thiophene rings is 1. The molecule has 3 rings (SSSR count). The van der Waals surface area contributed by atoms with Gasteiger partial charge in [-0.3, -0.25) is 4.79 Å². The van der Waals surface area contributed by atoms with Gasteiger partial charge in [-0.15, -0.1) is 11.3 Å². The highest BCUT2D eigenvalue weighted by Crippen LogP contribution is 2.30. The fraction of sp³-hybridized carbons (Fsp3) is 0.688. The van der Waals surface area contributed by atoms with Crippen LogP contribution in [0, 0.1) is 0 Å². The van der Waals surface area contributed by atoms with Crippen molar-refractivity contribution in [2.45, 2.75) is 41.7 Å². The van der Waals surface area contributed by atoms with Crippen molar-refractivity contribution in [2.75, 3.05) is 33.9 Å². The van der Waals surface area contributed by atoms with Gasteiger partial charge in [0.15, 0.2) is 0 Å². The Kier molecular flexibility index (Phi) is 5.79. The zero-order valence-electron chi connectivity index (χ0n) is 14.5. The highest BCUT2D eigenvalue weighted by Gasteiger charge is 2.40. The minimum absolute atomic E-state index is 0.0170. The van der Waals surface area contributed by atoms with Crippen LogP contribution in [0.4, 0.5) is 0 Å². The first-order chi connectivity index (χ1) is 11.9.